The summed E-state index contributed by atoms with van der Waals surface area (Å²) in [7, 11) is -1.70. The molecule has 0 aliphatic rings. The van der Waals surface area contributed by atoms with Gasteiger partial charge in [-0.2, -0.15) is 0 Å². The van der Waals surface area contributed by atoms with Crippen LogP contribution < -0.4 is 10.1 Å². The Morgan fingerprint density at radius 1 is 1.25 bits per heavy atom. The number of sulfone groups is 1. The maximum Gasteiger partial charge on any atom is 0.154 e. The molecule has 0 saturated heterocycles. The van der Waals surface area contributed by atoms with Gasteiger partial charge in [-0.1, -0.05) is 0 Å². The van der Waals surface area contributed by atoms with Crippen molar-refractivity contribution in [2.24, 2.45) is 0 Å². The van der Waals surface area contributed by atoms with E-state index in [-0.39, 0.29) is 31.3 Å². The third-order valence-electron chi connectivity index (χ3n) is 2.92. The lowest BCUT2D eigenvalue weighted by molar-refractivity contribution is 0.282. The number of aryl methyl sites for hydroxylation is 1. The molecule has 0 amide bonds. The first-order chi connectivity index (χ1) is 9.43. The summed E-state index contributed by atoms with van der Waals surface area (Å²) in [5.41, 5.74) is 2.23. The number of aliphatic hydroxyl groups excluding tert-OH is 2. The predicted octanol–water partition coefficient (Wildman–Crippen LogP) is 0.315. The molecular formula is C13H21NO5S. The maximum atomic E-state index is 11.5. The first kappa shape index (κ1) is 16.7. The van der Waals surface area contributed by atoms with Crippen LogP contribution in [0.3, 0.4) is 0 Å². The second-order valence-corrected chi connectivity index (χ2v) is 6.74. The molecule has 114 valence electrons. The largest absolute Gasteiger partial charge is 0.496 e. The lowest BCUT2D eigenvalue weighted by Crippen LogP contribution is -2.20. The molecule has 1 rings (SSSR count). The summed E-state index contributed by atoms with van der Waals surface area (Å²) in [5.74, 6) is 0.357. The van der Waals surface area contributed by atoms with Crippen LogP contribution in [0.15, 0.2) is 12.1 Å². The van der Waals surface area contributed by atoms with Crippen molar-refractivity contribution in [2.75, 3.05) is 37.1 Å². The van der Waals surface area contributed by atoms with Gasteiger partial charge in [-0.15, -0.1) is 0 Å². The molecule has 0 heterocycles. The van der Waals surface area contributed by atoms with Gasteiger partial charge in [-0.05, 0) is 18.6 Å². The van der Waals surface area contributed by atoms with E-state index in [1.54, 1.807) is 19.2 Å². The summed E-state index contributed by atoms with van der Waals surface area (Å²) in [5, 5.41) is 20.9. The van der Waals surface area contributed by atoms with Crippen LogP contribution in [0.4, 0.5) is 5.69 Å². The summed E-state index contributed by atoms with van der Waals surface area (Å²) < 4.78 is 28.2. The standard InChI is InChI=1S/C13H21NO5S/c1-10-7-11(9-16)12(8-13(10)19-2)14-3-5-20(17,18)6-4-15/h7-8,14-16H,3-6,9H2,1-2H3. The molecule has 0 fully saturated rings. The summed E-state index contributed by atoms with van der Waals surface area (Å²) in [6, 6.07) is 3.53. The minimum Gasteiger partial charge on any atom is -0.496 e. The number of aliphatic hydroxyl groups is 2. The number of methoxy groups -OCH3 is 1. The van der Waals surface area contributed by atoms with Crippen molar-refractivity contribution in [3.8, 4) is 5.75 Å². The normalized spacial score (nSPS) is 11.4. The molecule has 0 atom stereocenters. The van der Waals surface area contributed by atoms with E-state index in [0.717, 1.165) is 5.56 Å². The van der Waals surface area contributed by atoms with Crippen molar-refractivity contribution in [3.63, 3.8) is 0 Å². The van der Waals surface area contributed by atoms with Crippen LogP contribution in [0.5, 0.6) is 5.75 Å². The van der Waals surface area contributed by atoms with Crippen LogP contribution in [0, 0.1) is 6.92 Å². The van der Waals surface area contributed by atoms with E-state index in [1.165, 1.54) is 0 Å². The maximum absolute atomic E-state index is 11.5. The molecule has 0 unspecified atom stereocenters. The monoisotopic (exact) mass is 303 g/mol. The molecule has 1 aromatic carbocycles. The Morgan fingerprint density at radius 3 is 2.50 bits per heavy atom. The minimum absolute atomic E-state index is 0.0748. The zero-order chi connectivity index (χ0) is 15.2. The van der Waals surface area contributed by atoms with Crippen molar-refractivity contribution in [1.29, 1.82) is 0 Å². The average Bonchev–Trinajstić information content (AvgIpc) is 2.39. The van der Waals surface area contributed by atoms with Gasteiger partial charge in [0.05, 0.1) is 31.8 Å². The van der Waals surface area contributed by atoms with Crippen molar-refractivity contribution in [2.45, 2.75) is 13.5 Å². The SMILES string of the molecule is COc1cc(NCCS(=O)(=O)CCO)c(CO)cc1C. The Hall–Kier alpha value is -1.31. The quantitative estimate of drug-likeness (QED) is 0.640. The number of hydrogen-bond acceptors (Lipinski definition) is 6. The number of rotatable bonds is 8. The van der Waals surface area contributed by atoms with Crippen molar-refractivity contribution < 1.29 is 23.4 Å². The van der Waals surface area contributed by atoms with E-state index >= 15 is 0 Å². The number of ether oxygens (including phenoxy) is 1. The van der Waals surface area contributed by atoms with Crippen LogP contribution >= 0.6 is 0 Å². The van der Waals surface area contributed by atoms with Crippen molar-refractivity contribution in [3.05, 3.63) is 23.3 Å². The fraction of sp³-hybridized carbons (Fsp3) is 0.538. The van der Waals surface area contributed by atoms with E-state index in [0.29, 0.717) is 17.0 Å². The van der Waals surface area contributed by atoms with Gasteiger partial charge in [0.15, 0.2) is 9.84 Å². The summed E-state index contributed by atoms with van der Waals surface area (Å²) in [6.07, 6.45) is 0. The predicted molar refractivity (Wildman–Crippen MR) is 77.9 cm³/mol. The van der Waals surface area contributed by atoms with E-state index < -0.39 is 9.84 Å². The van der Waals surface area contributed by atoms with Gasteiger partial charge in [-0.25, -0.2) is 8.42 Å². The molecule has 0 radical (unpaired) electrons. The van der Waals surface area contributed by atoms with Gasteiger partial charge in [0.25, 0.3) is 0 Å². The highest BCUT2D eigenvalue weighted by Gasteiger charge is 2.11. The van der Waals surface area contributed by atoms with Gasteiger partial charge in [0.2, 0.25) is 0 Å². The molecule has 3 N–H and O–H groups in total. The van der Waals surface area contributed by atoms with Gasteiger partial charge in [0.1, 0.15) is 5.75 Å². The molecule has 0 aliphatic heterocycles. The Labute approximate surface area is 119 Å². The number of nitrogens with one attached hydrogen (secondary N) is 1. The molecule has 6 nitrogen and oxygen atoms in total. The highest BCUT2D eigenvalue weighted by atomic mass is 32.2. The molecular weight excluding hydrogens is 282 g/mol. The Kier molecular flexibility index (Phi) is 6.25. The zero-order valence-electron chi connectivity index (χ0n) is 11.7. The van der Waals surface area contributed by atoms with Gasteiger partial charge >= 0.3 is 0 Å². The molecule has 1 aromatic rings. The molecule has 20 heavy (non-hydrogen) atoms. The van der Waals surface area contributed by atoms with Crippen molar-refractivity contribution >= 4 is 15.5 Å². The Bertz CT molecular complexity index is 542. The fourth-order valence-corrected chi connectivity index (χ4v) is 2.74. The molecule has 0 spiro atoms. The van der Waals surface area contributed by atoms with Gasteiger partial charge in [-0.3, -0.25) is 0 Å². The van der Waals surface area contributed by atoms with E-state index in [1.807, 2.05) is 6.92 Å². The molecule has 0 aliphatic carbocycles. The third kappa shape index (κ3) is 4.66. The van der Waals surface area contributed by atoms with Crippen LogP contribution in [0.2, 0.25) is 0 Å². The highest BCUT2D eigenvalue weighted by Crippen LogP contribution is 2.26. The van der Waals surface area contributed by atoms with Crippen LogP contribution in [0.25, 0.3) is 0 Å². The topological polar surface area (TPSA) is 95.9 Å². The molecule has 0 aromatic heterocycles. The minimum atomic E-state index is -3.25. The molecule has 0 bridgehead atoms. The smallest absolute Gasteiger partial charge is 0.154 e. The second kappa shape index (κ2) is 7.47. The number of anilines is 1. The Balaban J connectivity index is 2.77. The van der Waals surface area contributed by atoms with E-state index in [9.17, 15) is 13.5 Å². The summed E-state index contributed by atoms with van der Waals surface area (Å²) in [4.78, 5) is 0. The lowest BCUT2D eigenvalue weighted by atomic mass is 10.1. The fourth-order valence-electron chi connectivity index (χ4n) is 1.85. The van der Waals surface area contributed by atoms with Crippen LogP contribution in [0.1, 0.15) is 11.1 Å². The lowest BCUT2D eigenvalue weighted by Gasteiger charge is -2.14. The highest BCUT2D eigenvalue weighted by molar-refractivity contribution is 7.91. The van der Waals surface area contributed by atoms with Crippen LogP contribution in [-0.2, 0) is 16.4 Å². The summed E-state index contributed by atoms with van der Waals surface area (Å²) in [6.45, 7) is 1.56. The van der Waals surface area contributed by atoms with E-state index in [2.05, 4.69) is 5.32 Å². The summed E-state index contributed by atoms with van der Waals surface area (Å²) >= 11 is 0. The number of benzene rings is 1. The van der Waals surface area contributed by atoms with Gasteiger partial charge < -0.3 is 20.3 Å². The van der Waals surface area contributed by atoms with E-state index in [4.69, 9.17) is 9.84 Å². The first-order valence-electron chi connectivity index (χ1n) is 6.27. The van der Waals surface area contributed by atoms with Gasteiger partial charge in [0, 0.05) is 23.9 Å². The zero-order valence-corrected chi connectivity index (χ0v) is 12.5. The third-order valence-corrected chi connectivity index (χ3v) is 4.55. The van der Waals surface area contributed by atoms with Crippen molar-refractivity contribution in [1.82, 2.24) is 0 Å². The average molecular weight is 303 g/mol. The van der Waals surface area contributed by atoms with Crippen LogP contribution in [-0.4, -0.2) is 50.4 Å². The Morgan fingerprint density at radius 2 is 1.95 bits per heavy atom. The molecule has 7 heteroatoms. The number of hydrogen-bond donors (Lipinski definition) is 3. The molecule has 0 saturated carbocycles. The second-order valence-electron chi connectivity index (χ2n) is 4.44. The first-order valence-corrected chi connectivity index (χ1v) is 8.09.